The van der Waals surface area contributed by atoms with Crippen LogP contribution in [0.1, 0.15) is 26.7 Å². The van der Waals surface area contributed by atoms with Gasteiger partial charge in [0.15, 0.2) is 0 Å². The van der Waals surface area contributed by atoms with Crippen molar-refractivity contribution in [3.05, 3.63) is 0 Å². The fraction of sp³-hybridized carbons (Fsp3) is 0.692. The summed E-state index contributed by atoms with van der Waals surface area (Å²) in [6.45, 7) is 5.58. The number of hydrogen-bond donors (Lipinski definition) is 3. The standard InChI is InChI=1S/C13H22N2O4/c1-4-5-11(12(16)17)15-13(18)14-7-9-19-8-6-10(2)3/h1,10-11H,5-9H2,2-3H3,(H,16,17)(H2,14,15,18). The van der Waals surface area contributed by atoms with E-state index in [-0.39, 0.29) is 6.42 Å². The number of carbonyl (C=O) groups is 2. The van der Waals surface area contributed by atoms with E-state index in [0.29, 0.717) is 25.7 Å². The normalized spacial score (nSPS) is 11.7. The number of carboxylic acid groups (broad SMARTS) is 1. The molecule has 0 saturated heterocycles. The van der Waals surface area contributed by atoms with Crippen LogP contribution in [0.4, 0.5) is 4.79 Å². The van der Waals surface area contributed by atoms with Gasteiger partial charge in [-0.25, -0.2) is 9.59 Å². The Hall–Kier alpha value is -1.74. The molecule has 6 heteroatoms. The Morgan fingerprint density at radius 2 is 2.05 bits per heavy atom. The summed E-state index contributed by atoms with van der Waals surface area (Å²) in [4.78, 5) is 22.1. The number of rotatable bonds is 9. The van der Waals surface area contributed by atoms with Gasteiger partial charge in [-0.3, -0.25) is 0 Å². The quantitative estimate of drug-likeness (QED) is 0.427. The van der Waals surface area contributed by atoms with Crippen LogP contribution in [-0.2, 0) is 9.53 Å². The minimum atomic E-state index is -1.15. The zero-order chi connectivity index (χ0) is 14.7. The highest BCUT2D eigenvalue weighted by Gasteiger charge is 2.18. The van der Waals surface area contributed by atoms with Crippen molar-refractivity contribution in [2.24, 2.45) is 5.92 Å². The van der Waals surface area contributed by atoms with E-state index in [0.717, 1.165) is 6.42 Å². The van der Waals surface area contributed by atoms with Crippen molar-refractivity contribution in [2.75, 3.05) is 19.8 Å². The van der Waals surface area contributed by atoms with Crippen molar-refractivity contribution < 1.29 is 19.4 Å². The molecule has 3 N–H and O–H groups in total. The molecule has 0 bridgehead atoms. The molecule has 0 aliphatic carbocycles. The van der Waals surface area contributed by atoms with Crippen molar-refractivity contribution in [3.63, 3.8) is 0 Å². The van der Waals surface area contributed by atoms with Crippen LogP contribution in [0.3, 0.4) is 0 Å². The number of amides is 2. The van der Waals surface area contributed by atoms with Gasteiger partial charge < -0.3 is 20.5 Å². The van der Waals surface area contributed by atoms with Gasteiger partial charge in [-0.2, -0.15) is 0 Å². The third-order valence-corrected chi connectivity index (χ3v) is 2.30. The van der Waals surface area contributed by atoms with Crippen LogP contribution in [0.25, 0.3) is 0 Å². The van der Waals surface area contributed by atoms with E-state index in [1.54, 1.807) is 0 Å². The maximum atomic E-state index is 11.4. The van der Waals surface area contributed by atoms with Crippen molar-refractivity contribution in [3.8, 4) is 12.3 Å². The number of terminal acetylenes is 1. The van der Waals surface area contributed by atoms with Gasteiger partial charge in [-0.1, -0.05) is 13.8 Å². The van der Waals surface area contributed by atoms with Crippen molar-refractivity contribution >= 4 is 12.0 Å². The summed E-state index contributed by atoms with van der Waals surface area (Å²) < 4.78 is 5.30. The molecule has 0 aromatic heterocycles. The Morgan fingerprint density at radius 3 is 2.58 bits per heavy atom. The molecular weight excluding hydrogens is 248 g/mol. The van der Waals surface area contributed by atoms with Crippen LogP contribution in [0.15, 0.2) is 0 Å². The van der Waals surface area contributed by atoms with Gasteiger partial charge in [-0.15, -0.1) is 12.3 Å². The average Bonchev–Trinajstić information content (AvgIpc) is 2.32. The summed E-state index contributed by atoms with van der Waals surface area (Å²) >= 11 is 0. The number of carbonyl (C=O) groups excluding carboxylic acids is 1. The first-order valence-electron chi connectivity index (χ1n) is 6.25. The fourth-order valence-electron chi connectivity index (χ4n) is 1.19. The molecule has 0 spiro atoms. The van der Waals surface area contributed by atoms with E-state index in [9.17, 15) is 9.59 Å². The SMILES string of the molecule is C#CCC(NC(=O)NCCOCCC(C)C)C(=O)O. The van der Waals surface area contributed by atoms with Crippen LogP contribution >= 0.6 is 0 Å². The predicted molar refractivity (Wildman–Crippen MR) is 71.7 cm³/mol. The molecule has 0 heterocycles. The molecule has 0 aromatic rings. The zero-order valence-electron chi connectivity index (χ0n) is 11.4. The Bertz CT molecular complexity index is 323. The van der Waals surface area contributed by atoms with E-state index in [1.165, 1.54) is 0 Å². The minimum Gasteiger partial charge on any atom is -0.480 e. The molecule has 2 amide bonds. The van der Waals surface area contributed by atoms with Crippen LogP contribution in [0.5, 0.6) is 0 Å². The minimum absolute atomic E-state index is 0.0480. The maximum Gasteiger partial charge on any atom is 0.327 e. The van der Waals surface area contributed by atoms with Gasteiger partial charge in [-0.05, 0) is 12.3 Å². The molecule has 0 rings (SSSR count). The summed E-state index contributed by atoms with van der Waals surface area (Å²) in [6.07, 6.45) is 5.94. The van der Waals surface area contributed by atoms with E-state index in [1.807, 2.05) is 0 Å². The monoisotopic (exact) mass is 270 g/mol. The van der Waals surface area contributed by atoms with Gasteiger partial charge in [0.2, 0.25) is 0 Å². The van der Waals surface area contributed by atoms with Gasteiger partial charge in [0.1, 0.15) is 6.04 Å². The van der Waals surface area contributed by atoms with Crippen molar-refractivity contribution in [1.82, 2.24) is 10.6 Å². The Balaban J connectivity index is 3.69. The predicted octanol–water partition coefficient (Wildman–Crippen LogP) is 0.825. The maximum absolute atomic E-state index is 11.4. The van der Waals surface area contributed by atoms with Gasteiger partial charge in [0.25, 0.3) is 0 Å². The molecule has 0 fully saturated rings. The summed E-state index contributed by atoms with van der Waals surface area (Å²) in [5.74, 6) is 1.63. The molecule has 0 aliphatic heterocycles. The highest BCUT2D eigenvalue weighted by atomic mass is 16.5. The van der Waals surface area contributed by atoms with Crippen LogP contribution in [0.2, 0.25) is 0 Å². The number of nitrogens with one attached hydrogen (secondary N) is 2. The Kier molecular flexibility index (Phi) is 9.27. The lowest BCUT2D eigenvalue weighted by molar-refractivity contribution is -0.139. The highest BCUT2D eigenvalue weighted by Crippen LogP contribution is 1.98. The van der Waals surface area contributed by atoms with Crippen molar-refractivity contribution in [1.29, 1.82) is 0 Å². The molecule has 0 radical (unpaired) electrons. The molecule has 1 unspecified atom stereocenters. The largest absolute Gasteiger partial charge is 0.480 e. The second-order valence-electron chi connectivity index (χ2n) is 4.49. The van der Waals surface area contributed by atoms with Crippen LogP contribution < -0.4 is 10.6 Å². The molecule has 1 atom stereocenters. The van der Waals surface area contributed by atoms with Gasteiger partial charge >= 0.3 is 12.0 Å². The lowest BCUT2D eigenvalue weighted by Crippen LogP contribution is -2.46. The lowest BCUT2D eigenvalue weighted by atomic mass is 10.1. The molecule has 0 aliphatic rings. The van der Waals surface area contributed by atoms with E-state index in [4.69, 9.17) is 16.3 Å². The molecule has 0 aromatic carbocycles. The van der Waals surface area contributed by atoms with Crippen LogP contribution in [0, 0.1) is 18.3 Å². The topological polar surface area (TPSA) is 87.7 Å². The van der Waals surface area contributed by atoms with E-state index in [2.05, 4.69) is 30.4 Å². The third-order valence-electron chi connectivity index (χ3n) is 2.30. The summed E-state index contributed by atoms with van der Waals surface area (Å²) in [6, 6.07) is -1.62. The van der Waals surface area contributed by atoms with Gasteiger partial charge in [0, 0.05) is 19.6 Å². The second-order valence-corrected chi connectivity index (χ2v) is 4.49. The third kappa shape index (κ3) is 9.92. The molecule has 0 saturated carbocycles. The highest BCUT2D eigenvalue weighted by molar-refractivity contribution is 5.82. The first-order chi connectivity index (χ1) is 8.97. The van der Waals surface area contributed by atoms with Crippen molar-refractivity contribution in [2.45, 2.75) is 32.7 Å². The smallest absolute Gasteiger partial charge is 0.327 e. The molecular formula is C13H22N2O4. The first-order valence-corrected chi connectivity index (χ1v) is 6.25. The molecule has 108 valence electrons. The Morgan fingerprint density at radius 1 is 1.37 bits per heavy atom. The first kappa shape index (κ1) is 17.3. The van der Waals surface area contributed by atoms with E-state index < -0.39 is 18.0 Å². The van der Waals surface area contributed by atoms with Gasteiger partial charge in [0.05, 0.1) is 6.61 Å². The fourth-order valence-corrected chi connectivity index (χ4v) is 1.19. The number of ether oxygens (including phenoxy) is 1. The molecule has 19 heavy (non-hydrogen) atoms. The summed E-state index contributed by atoms with van der Waals surface area (Å²) in [7, 11) is 0. The summed E-state index contributed by atoms with van der Waals surface area (Å²) in [5.41, 5.74) is 0. The second kappa shape index (κ2) is 10.2. The van der Waals surface area contributed by atoms with Crippen LogP contribution in [-0.4, -0.2) is 42.9 Å². The average molecular weight is 270 g/mol. The Labute approximate surface area is 113 Å². The number of aliphatic carboxylic acids is 1. The summed E-state index contributed by atoms with van der Waals surface area (Å²) in [5, 5.41) is 13.6. The molecule has 6 nitrogen and oxygen atoms in total. The number of hydrogen-bond acceptors (Lipinski definition) is 3. The number of carboxylic acids is 1. The number of urea groups is 1. The van der Waals surface area contributed by atoms with E-state index >= 15 is 0 Å². The lowest BCUT2D eigenvalue weighted by Gasteiger charge is -2.13. The zero-order valence-corrected chi connectivity index (χ0v) is 11.4.